The normalized spacial score (nSPS) is 11.7. The zero-order valence-electron chi connectivity index (χ0n) is 19.6. The summed E-state index contributed by atoms with van der Waals surface area (Å²) in [5, 5.41) is 1.13. The number of methoxy groups -OCH3 is 1. The van der Waals surface area contributed by atoms with E-state index < -0.39 is 0 Å². The van der Waals surface area contributed by atoms with Gasteiger partial charge in [0.1, 0.15) is 5.52 Å². The third-order valence-electron chi connectivity index (χ3n) is 6.09. The lowest BCUT2D eigenvalue weighted by atomic mass is 10.1. The van der Waals surface area contributed by atoms with Gasteiger partial charge in [0, 0.05) is 11.9 Å². The molecule has 168 valence electrons. The van der Waals surface area contributed by atoms with Gasteiger partial charge in [-0.3, -0.25) is 0 Å². The average Bonchev–Trinajstić information content (AvgIpc) is 3.12. The molecule has 3 aromatic carbocycles. The van der Waals surface area contributed by atoms with Crippen molar-refractivity contribution in [2.45, 2.75) is 33.7 Å². The minimum atomic E-state index is 0.603. The van der Waals surface area contributed by atoms with Gasteiger partial charge < -0.3 is 14.0 Å². The number of ether oxygens (including phenoxy) is 2. The average molecular weight is 440 g/mol. The molecule has 0 saturated heterocycles. The molecule has 0 aliphatic rings. The first-order valence-corrected chi connectivity index (χ1v) is 11.5. The van der Waals surface area contributed by atoms with E-state index in [4.69, 9.17) is 19.4 Å². The Hall–Kier alpha value is -3.60. The molecule has 0 bridgehead atoms. The van der Waals surface area contributed by atoms with E-state index in [9.17, 15) is 0 Å². The van der Waals surface area contributed by atoms with Crippen molar-refractivity contribution >= 4 is 33.1 Å². The van der Waals surface area contributed by atoms with Gasteiger partial charge in [-0.15, -0.1) is 0 Å². The van der Waals surface area contributed by atoms with Gasteiger partial charge >= 0.3 is 0 Å². The van der Waals surface area contributed by atoms with Gasteiger partial charge in [0.2, 0.25) is 0 Å². The lowest BCUT2D eigenvalue weighted by molar-refractivity contribution is 0.273. The number of nitrogens with zero attached hydrogens (tertiary/aromatic N) is 3. The Morgan fingerprint density at radius 3 is 2.45 bits per heavy atom. The lowest BCUT2D eigenvalue weighted by Crippen LogP contribution is -2.05. The third-order valence-corrected chi connectivity index (χ3v) is 6.09. The first-order chi connectivity index (χ1) is 16.0. The Balaban J connectivity index is 1.60. The zero-order valence-corrected chi connectivity index (χ0v) is 19.6. The van der Waals surface area contributed by atoms with Gasteiger partial charge in [-0.2, -0.15) is 0 Å². The van der Waals surface area contributed by atoms with E-state index in [0.29, 0.717) is 19.1 Å². The van der Waals surface area contributed by atoms with Crippen LogP contribution in [0.1, 0.15) is 31.4 Å². The predicted octanol–water partition coefficient (Wildman–Crippen LogP) is 6.53. The number of hydrogen-bond acceptors (Lipinski definition) is 4. The quantitative estimate of drug-likeness (QED) is 0.289. The smallest absolute Gasteiger partial charge is 0.161 e. The van der Waals surface area contributed by atoms with E-state index in [2.05, 4.69) is 55.7 Å². The molecule has 0 aliphatic heterocycles. The van der Waals surface area contributed by atoms with Crippen LogP contribution in [-0.2, 0) is 6.54 Å². The molecule has 0 aliphatic carbocycles. The van der Waals surface area contributed by atoms with E-state index >= 15 is 0 Å². The van der Waals surface area contributed by atoms with E-state index in [0.717, 1.165) is 51.1 Å². The predicted molar refractivity (Wildman–Crippen MR) is 134 cm³/mol. The molecule has 0 spiro atoms. The molecule has 0 amide bonds. The van der Waals surface area contributed by atoms with Gasteiger partial charge in [0.05, 0.1) is 30.3 Å². The fourth-order valence-electron chi connectivity index (χ4n) is 4.34. The van der Waals surface area contributed by atoms with E-state index in [-0.39, 0.29) is 0 Å². The number of hydrogen-bond donors (Lipinski definition) is 0. The molecule has 5 nitrogen and oxygen atoms in total. The van der Waals surface area contributed by atoms with Crippen LogP contribution in [0, 0.1) is 12.8 Å². The molecule has 0 radical (unpaired) electrons. The molecule has 0 unspecified atom stereocenters. The molecular formula is C28H29N3O2. The Kier molecular flexibility index (Phi) is 5.63. The van der Waals surface area contributed by atoms with Crippen LogP contribution in [0.3, 0.4) is 0 Å². The van der Waals surface area contributed by atoms with Crippen molar-refractivity contribution in [3.05, 3.63) is 71.8 Å². The number of fused-ring (bicyclic) bond motifs is 4. The van der Waals surface area contributed by atoms with Crippen molar-refractivity contribution in [1.29, 1.82) is 0 Å². The molecule has 0 fully saturated rings. The van der Waals surface area contributed by atoms with Gasteiger partial charge in [0.25, 0.3) is 0 Å². The summed E-state index contributed by atoms with van der Waals surface area (Å²) in [5.74, 6) is 2.14. The van der Waals surface area contributed by atoms with Gasteiger partial charge in [-0.05, 0) is 54.7 Å². The molecule has 5 rings (SSSR count). The molecule has 2 aromatic heterocycles. The Morgan fingerprint density at radius 1 is 0.909 bits per heavy atom. The van der Waals surface area contributed by atoms with Crippen molar-refractivity contribution in [2.24, 2.45) is 5.92 Å². The lowest BCUT2D eigenvalue weighted by Gasteiger charge is -2.14. The zero-order chi connectivity index (χ0) is 22.9. The molecule has 5 heteroatoms. The van der Waals surface area contributed by atoms with Gasteiger partial charge in [-0.1, -0.05) is 50.2 Å². The highest BCUT2D eigenvalue weighted by Crippen LogP contribution is 2.33. The number of rotatable bonds is 7. The van der Waals surface area contributed by atoms with Crippen molar-refractivity contribution in [3.8, 4) is 11.5 Å². The Labute approximate surface area is 194 Å². The first kappa shape index (κ1) is 21.3. The highest BCUT2D eigenvalue weighted by molar-refractivity contribution is 6.07. The molecular weight excluding hydrogens is 410 g/mol. The Morgan fingerprint density at radius 2 is 1.70 bits per heavy atom. The molecule has 2 heterocycles. The summed E-state index contributed by atoms with van der Waals surface area (Å²) in [5.41, 5.74) is 7.15. The highest BCUT2D eigenvalue weighted by atomic mass is 16.5. The second-order valence-electron chi connectivity index (χ2n) is 8.96. The molecule has 0 N–H and O–H groups in total. The highest BCUT2D eigenvalue weighted by Gasteiger charge is 2.17. The summed E-state index contributed by atoms with van der Waals surface area (Å²) in [4.78, 5) is 9.99. The van der Waals surface area contributed by atoms with Crippen LogP contribution in [0.2, 0.25) is 0 Å². The second kappa shape index (κ2) is 8.74. The SMILES string of the molecule is COc1cc(Cn2c3nc4ccccc4nc3c3cccc(C)c32)ccc1OCCC(C)C. The summed E-state index contributed by atoms with van der Waals surface area (Å²) >= 11 is 0. The fraction of sp³-hybridized carbons (Fsp3) is 0.286. The number of aromatic nitrogens is 3. The monoisotopic (exact) mass is 439 g/mol. The van der Waals surface area contributed by atoms with Crippen molar-refractivity contribution < 1.29 is 9.47 Å². The molecule has 5 aromatic rings. The largest absolute Gasteiger partial charge is 0.493 e. The molecule has 0 atom stereocenters. The van der Waals surface area contributed by atoms with Crippen LogP contribution in [0.25, 0.3) is 33.1 Å². The summed E-state index contributed by atoms with van der Waals surface area (Å²) in [7, 11) is 1.69. The maximum Gasteiger partial charge on any atom is 0.161 e. The maximum absolute atomic E-state index is 5.98. The topological polar surface area (TPSA) is 49.2 Å². The summed E-state index contributed by atoms with van der Waals surface area (Å²) in [6.45, 7) is 7.89. The first-order valence-electron chi connectivity index (χ1n) is 11.5. The minimum absolute atomic E-state index is 0.603. The van der Waals surface area contributed by atoms with Gasteiger partial charge in [-0.25, -0.2) is 9.97 Å². The van der Waals surface area contributed by atoms with Crippen LogP contribution in [0.5, 0.6) is 11.5 Å². The van der Waals surface area contributed by atoms with Crippen LogP contribution in [-0.4, -0.2) is 28.3 Å². The number of aryl methyl sites for hydroxylation is 1. The summed E-state index contributed by atoms with van der Waals surface area (Å²) < 4.78 is 13.9. The van der Waals surface area contributed by atoms with Crippen molar-refractivity contribution in [3.63, 3.8) is 0 Å². The standard InChI is InChI=1S/C28H29N3O2/c1-18(2)14-15-33-24-13-12-20(16-25(24)32-4)17-31-27-19(3)8-7-9-21(27)26-28(31)30-23-11-6-5-10-22(23)29-26/h5-13,16,18H,14-15,17H2,1-4H3. The third kappa shape index (κ3) is 3.99. The summed E-state index contributed by atoms with van der Waals surface area (Å²) in [6, 6.07) is 20.6. The van der Waals surface area contributed by atoms with Crippen LogP contribution >= 0.6 is 0 Å². The van der Waals surface area contributed by atoms with Crippen molar-refractivity contribution in [2.75, 3.05) is 13.7 Å². The molecule has 33 heavy (non-hydrogen) atoms. The fourth-order valence-corrected chi connectivity index (χ4v) is 4.34. The Bertz CT molecular complexity index is 1450. The minimum Gasteiger partial charge on any atom is -0.493 e. The van der Waals surface area contributed by atoms with Crippen LogP contribution < -0.4 is 9.47 Å². The van der Waals surface area contributed by atoms with Gasteiger partial charge in [0.15, 0.2) is 17.1 Å². The summed E-state index contributed by atoms with van der Waals surface area (Å²) in [6.07, 6.45) is 1.01. The maximum atomic E-state index is 5.98. The van der Waals surface area contributed by atoms with Crippen LogP contribution in [0.15, 0.2) is 60.7 Å². The van der Waals surface area contributed by atoms with Crippen LogP contribution in [0.4, 0.5) is 0 Å². The van der Waals surface area contributed by atoms with E-state index in [1.165, 1.54) is 11.1 Å². The van der Waals surface area contributed by atoms with E-state index in [1.54, 1.807) is 7.11 Å². The van der Waals surface area contributed by atoms with Crippen molar-refractivity contribution in [1.82, 2.24) is 14.5 Å². The van der Waals surface area contributed by atoms with E-state index in [1.807, 2.05) is 30.3 Å². The number of para-hydroxylation sites is 3. The second-order valence-corrected chi connectivity index (χ2v) is 8.96. The number of benzene rings is 3. The molecule has 0 saturated carbocycles.